The average molecular weight is 712 g/mol. The molecule has 7 aromatic rings. The zero-order chi connectivity index (χ0) is 36.4. The Morgan fingerprint density at radius 3 is 1.72 bits per heavy atom. The molecule has 2 aliphatic rings. The van der Waals surface area contributed by atoms with Crippen molar-refractivity contribution in [2.24, 2.45) is 0 Å². The molecule has 0 atom stereocenters. The Kier molecular flexibility index (Phi) is 9.46. The number of nitrogens with zero attached hydrogens (tertiary/aromatic N) is 7. The Morgan fingerprint density at radius 2 is 1.11 bits per heavy atom. The molecule has 2 saturated heterocycles. The first-order valence-electron chi connectivity index (χ1n) is 19.8. The van der Waals surface area contributed by atoms with E-state index in [1.54, 1.807) is 0 Å². The number of aryl methyl sites for hydroxylation is 2. The number of aromatic nitrogens is 3. The predicted octanol–water partition coefficient (Wildman–Crippen LogP) is 10.6. The zero-order valence-corrected chi connectivity index (χ0v) is 31.6. The molecule has 0 N–H and O–H groups in total. The minimum Gasteiger partial charge on any atom is -0.371 e. The Morgan fingerprint density at radius 1 is 0.537 bits per heavy atom. The fourth-order valence-corrected chi connectivity index (χ4v) is 8.66. The second-order valence-corrected chi connectivity index (χ2v) is 15.2. The summed E-state index contributed by atoms with van der Waals surface area (Å²) in [6.07, 6.45) is 11.4. The maximum Gasteiger partial charge on any atom is 0.0747 e. The Balaban J connectivity index is 1.22. The highest BCUT2D eigenvalue weighted by Crippen LogP contribution is 2.37. The van der Waals surface area contributed by atoms with Crippen LogP contribution in [-0.4, -0.2) is 41.1 Å². The third kappa shape index (κ3) is 6.91. The van der Waals surface area contributed by atoms with E-state index in [0.29, 0.717) is 13.1 Å². The van der Waals surface area contributed by atoms with Crippen LogP contribution in [0, 0.1) is 13.8 Å². The van der Waals surface area contributed by atoms with Gasteiger partial charge in [-0.2, -0.15) is 0 Å². The molecule has 0 radical (unpaired) electrons. The molecular weight excluding hydrogens is 663 g/mol. The number of pyridine rings is 3. The summed E-state index contributed by atoms with van der Waals surface area (Å²) >= 11 is 0. The quantitative estimate of drug-likeness (QED) is 0.138. The lowest BCUT2D eigenvalue weighted by Gasteiger charge is -2.39. The third-order valence-corrected chi connectivity index (χ3v) is 11.3. The van der Waals surface area contributed by atoms with Gasteiger partial charge in [0.25, 0.3) is 0 Å². The number of benzene rings is 4. The second kappa shape index (κ2) is 15.0. The highest BCUT2D eigenvalue weighted by molar-refractivity contribution is 5.96. The van der Waals surface area contributed by atoms with Crippen LogP contribution in [0.4, 0.5) is 22.7 Å². The first kappa shape index (κ1) is 34.1. The Labute approximate surface area is 318 Å². The predicted molar refractivity (Wildman–Crippen MR) is 226 cm³/mol. The van der Waals surface area contributed by atoms with E-state index in [1.165, 1.54) is 77.0 Å². The van der Waals surface area contributed by atoms with Crippen molar-refractivity contribution >= 4 is 55.3 Å². The van der Waals surface area contributed by atoms with Crippen LogP contribution in [0.3, 0.4) is 0 Å². The van der Waals surface area contributed by atoms with Crippen molar-refractivity contribution in [3.8, 4) is 0 Å². The van der Waals surface area contributed by atoms with Gasteiger partial charge in [0.15, 0.2) is 0 Å². The summed E-state index contributed by atoms with van der Waals surface area (Å²) in [6, 6.07) is 37.9. The van der Waals surface area contributed by atoms with Gasteiger partial charge in [0.2, 0.25) is 0 Å². The Hall–Kier alpha value is -5.69. The third-order valence-electron chi connectivity index (χ3n) is 11.3. The van der Waals surface area contributed by atoms with Crippen LogP contribution in [-0.2, 0) is 13.1 Å². The summed E-state index contributed by atoms with van der Waals surface area (Å²) in [6.45, 7) is 9.95. The smallest absolute Gasteiger partial charge is 0.0747 e. The number of anilines is 4. The first-order chi connectivity index (χ1) is 26.6. The number of hydrazine groups is 1. The molecule has 0 saturated carbocycles. The second-order valence-electron chi connectivity index (χ2n) is 15.2. The van der Waals surface area contributed by atoms with E-state index in [2.05, 4.69) is 136 Å². The van der Waals surface area contributed by atoms with Crippen molar-refractivity contribution in [2.75, 3.05) is 46.0 Å². The van der Waals surface area contributed by atoms with E-state index in [-0.39, 0.29) is 0 Å². The first-order valence-corrected chi connectivity index (χ1v) is 19.8. The molecule has 7 heteroatoms. The van der Waals surface area contributed by atoms with Crippen LogP contribution in [0.5, 0.6) is 0 Å². The molecule has 5 heterocycles. The molecule has 272 valence electrons. The summed E-state index contributed by atoms with van der Waals surface area (Å²) in [7, 11) is 0. The van der Waals surface area contributed by atoms with E-state index in [9.17, 15) is 0 Å². The van der Waals surface area contributed by atoms with Gasteiger partial charge in [-0.3, -0.25) is 25.0 Å². The van der Waals surface area contributed by atoms with Gasteiger partial charge in [-0.1, -0.05) is 61.4 Å². The van der Waals surface area contributed by atoms with Gasteiger partial charge < -0.3 is 9.80 Å². The number of hydrogen-bond acceptors (Lipinski definition) is 7. The van der Waals surface area contributed by atoms with E-state index in [1.807, 2.05) is 18.5 Å². The van der Waals surface area contributed by atoms with Crippen molar-refractivity contribution in [1.29, 1.82) is 0 Å². The zero-order valence-electron chi connectivity index (χ0n) is 31.6. The lowest BCUT2D eigenvalue weighted by atomic mass is 10.0. The molecule has 54 heavy (non-hydrogen) atoms. The molecule has 2 aliphatic heterocycles. The Bertz CT molecular complexity index is 2410. The van der Waals surface area contributed by atoms with Gasteiger partial charge >= 0.3 is 0 Å². The normalized spacial score (nSPS) is 14.9. The van der Waals surface area contributed by atoms with E-state index in [0.717, 1.165) is 65.5 Å². The molecule has 4 aromatic carbocycles. The number of hydrogen-bond donors (Lipinski definition) is 0. The lowest BCUT2D eigenvalue weighted by molar-refractivity contribution is 0.711. The van der Waals surface area contributed by atoms with E-state index >= 15 is 0 Å². The van der Waals surface area contributed by atoms with E-state index < -0.39 is 0 Å². The van der Waals surface area contributed by atoms with Gasteiger partial charge in [0.1, 0.15) is 0 Å². The summed E-state index contributed by atoms with van der Waals surface area (Å²) in [5.74, 6) is 0. The standard InChI is InChI=1S/C47H49N7/c1-34-27-46(51-23-7-3-4-8-24-51)42-20-18-39(29-44(42)49-34)53(32-36-13-12-22-48-31-36)54(33-38-16-11-15-37-14-5-6-17-41(37)38)40-19-21-43-45(30-40)50-35(2)28-47(43)52-25-9-10-26-52/h5-6,11-22,27-31H,3-4,7-10,23-26,32-33H2,1-2H3. The van der Waals surface area contributed by atoms with Gasteiger partial charge in [0.05, 0.1) is 35.5 Å². The largest absolute Gasteiger partial charge is 0.371 e. The minimum absolute atomic E-state index is 0.632. The lowest BCUT2D eigenvalue weighted by Crippen LogP contribution is -2.42. The van der Waals surface area contributed by atoms with Crippen LogP contribution >= 0.6 is 0 Å². The maximum atomic E-state index is 5.16. The maximum absolute atomic E-state index is 5.16. The number of fused-ring (bicyclic) bond motifs is 3. The average Bonchev–Trinajstić information content (AvgIpc) is 3.61. The summed E-state index contributed by atoms with van der Waals surface area (Å²) in [5, 5.41) is 9.79. The van der Waals surface area contributed by atoms with Gasteiger partial charge in [-0.25, -0.2) is 0 Å². The molecular formula is C47H49N7. The van der Waals surface area contributed by atoms with Crippen LogP contribution in [0.1, 0.15) is 61.0 Å². The number of rotatable bonds is 9. The molecule has 0 spiro atoms. The molecule has 0 unspecified atom stereocenters. The van der Waals surface area contributed by atoms with Gasteiger partial charge in [-0.05, 0) is 116 Å². The van der Waals surface area contributed by atoms with Crippen molar-refractivity contribution in [3.63, 3.8) is 0 Å². The highest BCUT2D eigenvalue weighted by Gasteiger charge is 2.24. The minimum atomic E-state index is 0.632. The topological polar surface area (TPSA) is 51.6 Å². The van der Waals surface area contributed by atoms with Crippen LogP contribution in [0.25, 0.3) is 32.6 Å². The van der Waals surface area contributed by atoms with E-state index in [4.69, 9.17) is 9.97 Å². The molecule has 7 nitrogen and oxygen atoms in total. The van der Waals surface area contributed by atoms with Crippen molar-refractivity contribution < 1.29 is 0 Å². The van der Waals surface area contributed by atoms with Crippen LogP contribution in [0.15, 0.2) is 116 Å². The molecule has 2 fully saturated rings. The van der Waals surface area contributed by atoms with Crippen molar-refractivity contribution in [2.45, 2.75) is 65.5 Å². The molecule has 9 rings (SSSR count). The summed E-state index contributed by atoms with van der Waals surface area (Å²) in [5.41, 5.74) is 11.3. The summed E-state index contributed by atoms with van der Waals surface area (Å²) in [4.78, 5) is 20.0. The molecule has 0 aliphatic carbocycles. The fourth-order valence-electron chi connectivity index (χ4n) is 8.66. The molecule has 0 amide bonds. The SMILES string of the molecule is Cc1cc(N2CCCCCC2)c2ccc(N(Cc3cccnc3)N(Cc3cccc4ccccc34)c3ccc4c(N5CCCC5)cc(C)nc4c3)cc2n1. The summed E-state index contributed by atoms with van der Waals surface area (Å²) < 4.78 is 0. The molecule has 0 bridgehead atoms. The fraction of sp³-hybridized carbons (Fsp3) is 0.298. The van der Waals surface area contributed by atoms with Crippen molar-refractivity contribution in [3.05, 3.63) is 138 Å². The highest BCUT2D eigenvalue weighted by atomic mass is 15.6. The van der Waals surface area contributed by atoms with Crippen molar-refractivity contribution in [1.82, 2.24) is 15.0 Å². The van der Waals surface area contributed by atoms with Crippen LogP contribution < -0.4 is 19.8 Å². The van der Waals surface area contributed by atoms with Gasteiger partial charge in [-0.15, -0.1) is 0 Å². The van der Waals surface area contributed by atoms with Crippen LogP contribution in [0.2, 0.25) is 0 Å². The monoisotopic (exact) mass is 711 g/mol. The van der Waals surface area contributed by atoms with Gasteiger partial charge in [0, 0.05) is 72.1 Å². The molecule has 3 aromatic heterocycles.